The number of likely N-dealkylation sites (tertiary alicyclic amines) is 1. The highest BCUT2D eigenvalue weighted by atomic mass is 35.5. The maximum atomic E-state index is 13.7. The molecule has 0 aromatic heterocycles. The standard InChI is InChI=1S/C14H15ClFN3O/c1-19-6-4-14(9-17,5-7-19)18-13(20)11-3-2-10(15)8-12(11)16/h2-3,8H,4-7H2,1H3,(H,18,20). The molecule has 1 aliphatic rings. The number of rotatable bonds is 2. The van der Waals surface area contributed by atoms with Crippen LogP contribution in [0.5, 0.6) is 0 Å². The fourth-order valence-electron chi connectivity index (χ4n) is 2.22. The van der Waals surface area contributed by atoms with Gasteiger partial charge in [-0.15, -0.1) is 0 Å². The van der Waals surface area contributed by atoms with Gasteiger partial charge >= 0.3 is 0 Å². The van der Waals surface area contributed by atoms with E-state index in [0.29, 0.717) is 12.8 Å². The second-order valence-corrected chi connectivity index (χ2v) is 5.51. The molecule has 0 unspecified atom stereocenters. The Balaban J connectivity index is 2.16. The Hall–Kier alpha value is -1.64. The summed E-state index contributed by atoms with van der Waals surface area (Å²) in [5.41, 5.74) is -1.02. The molecule has 4 nitrogen and oxygen atoms in total. The summed E-state index contributed by atoms with van der Waals surface area (Å²) in [6, 6.07) is 6.03. The molecule has 106 valence electrons. The van der Waals surface area contributed by atoms with E-state index in [4.69, 9.17) is 11.6 Å². The molecule has 0 atom stereocenters. The first-order chi connectivity index (χ1) is 9.46. The highest BCUT2D eigenvalue weighted by Gasteiger charge is 2.35. The fourth-order valence-corrected chi connectivity index (χ4v) is 2.38. The molecule has 6 heteroatoms. The van der Waals surface area contributed by atoms with Crippen LogP contribution in [0.3, 0.4) is 0 Å². The average Bonchev–Trinajstić information content (AvgIpc) is 2.41. The lowest BCUT2D eigenvalue weighted by Crippen LogP contribution is -2.53. The highest BCUT2D eigenvalue weighted by molar-refractivity contribution is 6.30. The summed E-state index contributed by atoms with van der Waals surface area (Å²) in [6.45, 7) is 1.44. The smallest absolute Gasteiger partial charge is 0.255 e. The largest absolute Gasteiger partial charge is 0.334 e. The molecule has 0 radical (unpaired) electrons. The molecule has 0 aliphatic carbocycles. The summed E-state index contributed by atoms with van der Waals surface area (Å²) in [5.74, 6) is -1.26. The predicted octanol–water partition coefficient (Wildman–Crippen LogP) is 2.20. The lowest BCUT2D eigenvalue weighted by atomic mass is 9.89. The van der Waals surface area contributed by atoms with Crippen molar-refractivity contribution < 1.29 is 9.18 Å². The molecule has 0 spiro atoms. The quantitative estimate of drug-likeness (QED) is 0.910. The van der Waals surface area contributed by atoms with Crippen molar-refractivity contribution in [1.82, 2.24) is 10.2 Å². The van der Waals surface area contributed by atoms with Crippen molar-refractivity contribution in [3.05, 3.63) is 34.6 Å². The minimum absolute atomic E-state index is 0.0945. The molecular formula is C14H15ClFN3O. The van der Waals surface area contributed by atoms with Crippen molar-refractivity contribution in [2.75, 3.05) is 20.1 Å². The summed E-state index contributed by atoms with van der Waals surface area (Å²) in [4.78, 5) is 14.2. The SMILES string of the molecule is CN1CCC(C#N)(NC(=O)c2ccc(Cl)cc2F)CC1. The minimum Gasteiger partial charge on any atom is -0.334 e. The van der Waals surface area contributed by atoms with E-state index in [1.807, 2.05) is 7.05 Å². The molecule has 1 N–H and O–H groups in total. The van der Waals surface area contributed by atoms with Crippen molar-refractivity contribution in [3.8, 4) is 6.07 Å². The van der Waals surface area contributed by atoms with E-state index in [-0.39, 0.29) is 10.6 Å². The van der Waals surface area contributed by atoms with E-state index < -0.39 is 17.3 Å². The van der Waals surface area contributed by atoms with Crippen LogP contribution in [0.1, 0.15) is 23.2 Å². The number of hydrogen-bond donors (Lipinski definition) is 1. The fraction of sp³-hybridized carbons (Fsp3) is 0.429. The number of nitrogens with zero attached hydrogens (tertiary/aromatic N) is 2. The first kappa shape index (κ1) is 14.8. The van der Waals surface area contributed by atoms with E-state index in [1.54, 1.807) is 0 Å². The molecule has 1 fully saturated rings. The Morgan fingerprint density at radius 2 is 2.15 bits per heavy atom. The van der Waals surface area contributed by atoms with Gasteiger partial charge in [0.25, 0.3) is 5.91 Å². The van der Waals surface area contributed by atoms with Gasteiger partial charge in [0.05, 0.1) is 11.6 Å². The molecule has 2 rings (SSSR count). The van der Waals surface area contributed by atoms with Crippen LogP contribution in [0.15, 0.2) is 18.2 Å². The number of benzene rings is 1. The summed E-state index contributed by atoms with van der Waals surface area (Å²) >= 11 is 5.65. The maximum Gasteiger partial charge on any atom is 0.255 e. The van der Waals surface area contributed by atoms with Crippen molar-refractivity contribution in [2.24, 2.45) is 0 Å². The highest BCUT2D eigenvalue weighted by Crippen LogP contribution is 2.22. The van der Waals surface area contributed by atoms with Crippen molar-refractivity contribution in [3.63, 3.8) is 0 Å². The zero-order valence-corrected chi connectivity index (χ0v) is 11.9. The monoisotopic (exact) mass is 295 g/mol. The first-order valence-corrected chi connectivity index (χ1v) is 6.71. The number of carbonyl (C=O) groups excluding carboxylic acids is 1. The van der Waals surface area contributed by atoms with Crippen LogP contribution in [0.25, 0.3) is 0 Å². The van der Waals surface area contributed by atoms with Gasteiger partial charge < -0.3 is 10.2 Å². The summed E-state index contributed by atoms with van der Waals surface area (Å²) in [6.07, 6.45) is 1.06. The third-order valence-electron chi connectivity index (χ3n) is 3.58. The van der Waals surface area contributed by atoms with Crippen LogP contribution in [0, 0.1) is 17.1 Å². The van der Waals surface area contributed by atoms with Gasteiger partial charge in [-0.25, -0.2) is 4.39 Å². The van der Waals surface area contributed by atoms with Gasteiger partial charge in [0.2, 0.25) is 0 Å². The molecule has 1 aliphatic heterocycles. The van der Waals surface area contributed by atoms with Crippen LogP contribution in [0.2, 0.25) is 5.02 Å². The van der Waals surface area contributed by atoms with Gasteiger partial charge in [0.15, 0.2) is 0 Å². The molecule has 0 saturated carbocycles. The predicted molar refractivity (Wildman–Crippen MR) is 74.0 cm³/mol. The van der Waals surface area contributed by atoms with Crippen molar-refractivity contribution >= 4 is 17.5 Å². The van der Waals surface area contributed by atoms with Gasteiger partial charge in [-0.05, 0) is 38.1 Å². The van der Waals surface area contributed by atoms with E-state index in [2.05, 4.69) is 16.3 Å². The Morgan fingerprint density at radius 3 is 2.70 bits per heavy atom. The van der Waals surface area contributed by atoms with Gasteiger partial charge in [0.1, 0.15) is 11.4 Å². The zero-order valence-electron chi connectivity index (χ0n) is 11.1. The van der Waals surface area contributed by atoms with Gasteiger partial charge in [0, 0.05) is 18.1 Å². The lowest BCUT2D eigenvalue weighted by Gasteiger charge is -2.36. The van der Waals surface area contributed by atoms with Gasteiger partial charge in [-0.3, -0.25) is 4.79 Å². The summed E-state index contributed by atoms with van der Waals surface area (Å²) in [5, 5.41) is 12.2. The third kappa shape index (κ3) is 3.09. The molecule has 1 aromatic rings. The van der Waals surface area contributed by atoms with Crippen LogP contribution >= 0.6 is 11.6 Å². The maximum absolute atomic E-state index is 13.7. The van der Waals surface area contributed by atoms with Crippen molar-refractivity contribution in [2.45, 2.75) is 18.4 Å². The topological polar surface area (TPSA) is 56.1 Å². The number of piperidine rings is 1. The molecule has 20 heavy (non-hydrogen) atoms. The Labute approximate surface area is 122 Å². The number of nitriles is 1. The number of nitrogens with one attached hydrogen (secondary N) is 1. The van der Waals surface area contributed by atoms with E-state index >= 15 is 0 Å². The molecule has 0 bridgehead atoms. The van der Waals surface area contributed by atoms with Crippen LogP contribution in [-0.2, 0) is 0 Å². The normalized spacial score (nSPS) is 18.3. The third-order valence-corrected chi connectivity index (χ3v) is 3.82. The van der Waals surface area contributed by atoms with E-state index in [1.165, 1.54) is 12.1 Å². The Kier molecular flexibility index (Phi) is 4.26. The van der Waals surface area contributed by atoms with E-state index in [0.717, 1.165) is 19.2 Å². The first-order valence-electron chi connectivity index (χ1n) is 6.33. The number of carbonyl (C=O) groups is 1. The molecule has 1 saturated heterocycles. The van der Waals surface area contributed by atoms with E-state index in [9.17, 15) is 14.4 Å². The zero-order chi connectivity index (χ0) is 14.8. The second kappa shape index (κ2) is 5.78. The van der Waals surface area contributed by atoms with Crippen LogP contribution in [-0.4, -0.2) is 36.5 Å². The van der Waals surface area contributed by atoms with Crippen LogP contribution in [0.4, 0.5) is 4.39 Å². The number of amides is 1. The lowest BCUT2D eigenvalue weighted by molar-refractivity contribution is 0.0878. The van der Waals surface area contributed by atoms with Crippen LogP contribution < -0.4 is 5.32 Å². The molecular weight excluding hydrogens is 281 g/mol. The molecule has 1 heterocycles. The second-order valence-electron chi connectivity index (χ2n) is 5.08. The Bertz CT molecular complexity index is 562. The Morgan fingerprint density at radius 1 is 1.50 bits per heavy atom. The van der Waals surface area contributed by atoms with Gasteiger partial charge in [-0.1, -0.05) is 11.6 Å². The average molecular weight is 296 g/mol. The molecule has 1 aromatic carbocycles. The number of halogens is 2. The van der Waals surface area contributed by atoms with Crippen molar-refractivity contribution in [1.29, 1.82) is 5.26 Å². The molecule has 1 amide bonds. The van der Waals surface area contributed by atoms with Gasteiger partial charge in [-0.2, -0.15) is 5.26 Å². The number of hydrogen-bond acceptors (Lipinski definition) is 3. The summed E-state index contributed by atoms with van der Waals surface area (Å²) in [7, 11) is 1.96. The minimum atomic E-state index is -0.921. The summed E-state index contributed by atoms with van der Waals surface area (Å²) < 4.78 is 13.7.